The Labute approximate surface area is 88.0 Å². The van der Waals surface area contributed by atoms with E-state index in [1.165, 1.54) is 6.42 Å². The smallest absolute Gasteiger partial charge is 0.107 e. The molecule has 0 aromatic heterocycles. The monoisotopic (exact) mass is 198 g/mol. The van der Waals surface area contributed by atoms with Crippen LogP contribution in [0.15, 0.2) is 0 Å². The summed E-state index contributed by atoms with van der Waals surface area (Å²) in [5.74, 6) is 6.66. The molecule has 0 aromatic carbocycles. The lowest BCUT2D eigenvalue weighted by molar-refractivity contribution is 0.133. The predicted octanol–water partition coefficient (Wildman–Crippen LogP) is 2.48. The summed E-state index contributed by atoms with van der Waals surface area (Å²) in [5, 5.41) is 0. The van der Waals surface area contributed by atoms with Crippen LogP contribution in [0.3, 0.4) is 0 Å². The van der Waals surface area contributed by atoms with Crippen LogP contribution < -0.4 is 0 Å². The van der Waals surface area contributed by atoms with Gasteiger partial charge in [-0.05, 0) is 18.8 Å². The molecule has 0 fully saturated rings. The van der Waals surface area contributed by atoms with Gasteiger partial charge in [-0.1, -0.05) is 25.7 Å². The summed E-state index contributed by atoms with van der Waals surface area (Å²) in [6, 6.07) is 0. The van der Waals surface area contributed by atoms with Gasteiger partial charge in [0.05, 0.1) is 6.61 Å². The van der Waals surface area contributed by atoms with Crippen LogP contribution in [0.4, 0.5) is 0 Å². The Hall–Kier alpha value is -0.520. The van der Waals surface area contributed by atoms with Crippen molar-refractivity contribution in [1.82, 2.24) is 0 Å². The fourth-order valence-corrected chi connectivity index (χ4v) is 1.03. The summed E-state index contributed by atoms with van der Waals surface area (Å²) in [6.45, 7) is 6.60. The quantitative estimate of drug-likeness (QED) is 0.462. The normalized spacial score (nSPS) is 10.0. The van der Waals surface area contributed by atoms with E-state index in [4.69, 9.17) is 9.47 Å². The summed E-state index contributed by atoms with van der Waals surface area (Å²) < 4.78 is 10.2. The highest BCUT2D eigenvalue weighted by molar-refractivity contribution is 4.98. The topological polar surface area (TPSA) is 18.5 Å². The number of ether oxygens (including phenoxy) is 2. The lowest BCUT2D eigenvalue weighted by Gasteiger charge is -2.04. The molecule has 82 valence electrons. The lowest BCUT2D eigenvalue weighted by atomic mass is 10.1. The largest absolute Gasteiger partial charge is 0.380 e. The van der Waals surface area contributed by atoms with Crippen LogP contribution in [0.5, 0.6) is 0 Å². The molecule has 0 radical (unpaired) electrons. The maximum atomic E-state index is 5.42. The fraction of sp³-hybridized carbons (Fsp3) is 0.833. The molecule has 2 nitrogen and oxygen atoms in total. The minimum Gasteiger partial charge on any atom is -0.380 e. The molecular formula is C12H22O2. The molecule has 0 spiro atoms. The SMILES string of the molecule is COCC#CCCOCCCC(C)C. The molecule has 0 N–H and O–H groups in total. The molecular weight excluding hydrogens is 176 g/mol. The molecule has 0 saturated carbocycles. The van der Waals surface area contributed by atoms with Crippen molar-refractivity contribution in [3.8, 4) is 11.8 Å². The van der Waals surface area contributed by atoms with E-state index in [2.05, 4.69) is 25.7 Å². The van der Waals surface area contributed by atoms with Gasteiger partial charge in [-0.2, -0.15) is 0 Å². The van der Waals surface area contributed by atoms with Gasteiger partial charge in [0, 0.05) is 20.1 Å². The average molecular weight is 198 g/mol. The highest BCUT2D eigenvalue weighted by atomic mass is 16.5. The first-order valence-corrected chi connectivity index (χ1v) is 5.29. The van der Waals surface area contributed by atoms with E-state index in [0.29, 0.717) is 6.61 Å². The zero-order valence-electron chi connectivity index (χ0n) is 9.64. The minimum atomic E-state index is 0.521. The second-order valence-corrected chi connectivity index (χ2v) is 3.69. The summed E-state index contributed by atoms with van der Waals surface area (Å²) in [5.41, 5.74) is 0. The van der Waals surface area contributed by atoms with E-state index < -0.39 is 0 Å². The van der Waals surface area contributed by atoms with Crippen LogP contribution >= 0.6 is 0 Å². The molecule has 0 unspecified atom stereocenters. The van der Waals surface area contributed by atoms with Gasteiger partial charge in [0.25, 0.3) is 0 Å². The zero-order valence-corrected chi connectivity index (χ0v) is 9.64. The van der Waals surface area contributed by atoms with Gasteiger partial charge >= 0.3 is 0 Å². The molecule has 0 aliphatic carbocycles. The second kappa shape index (κ2) is 10.6. The van der Waals surface area contributed by atoms with Crippen molar-refractivity contribution in [2.24, 2.45) is 5.92 Å². The Kier molecular flexibility index (Phi) is 10.2. The molecule has 0 heterocycles. The van der Waals surface area contributed by atoms with Crippen molar-refractivity contribution in [1.29, 1.82) is 0 Å². The van der Waals surface area contributed by atoms with E-state index in [1.54, 1.807) is 7.11 Å². The number of hydrogen-bond donors (Lipinski definition) is 0. The predicted molar refractivity (Wildman–Crippen MR) is 59.2 cm³/mol. The van der Waals surface area contributed by atoms with Crippen molar-refractivity contribution in [3.63, 3.8) is 0 Å². The standard InChI is InChI=1S/C12H22O2/c1-12(2)8-7-11-14-10-6-4-5-9-13-3/h12H,6-11H2,1-3H3. The Morgan fingerprint density at radius 3 is 2.57 bits per heavy atom. The van der Waals surface area contributed by atoms with Crippen LogP contribution in [0.25, 0.3) is 0 Å². The summed E-state index contributed by atoms with van der Waals surface area (Å²) in [6.07, 6.45) is 3.21. The van der Waals surface area contributed by atoms with Crippen LogP contribution in [-0.4, -0.2) is 26.9 Å². The first-order chi connectivity index (χ1) is 6.77. The molecule has 2 heteroatoms. The van der Waals surface area contributed by atoms with Gasteiger partial charge in [-0.3, -0.25) is 0 Å². The Morgan fingerprint density at radius 1 is 1.14 bits per heavy atom. The highest BCUT2D eigenvalue weighted by Gasteiger charge is 1.93. The maximum absolute atomic E-state index is 5.42. The van der Waals surface area contributed by atoms with Crippen LogP contribution in [0.1, 0.15) is 33.1 Å². The fourth-order valence-electron chi connectivity index (χ4n) is 1.03. The Morgan fingerprint density at radius 2 is 1.93 bits per heavy atom. The van der Waals surface area contributed by atoms with Crippen LogP contribution in [-0.2, 0) is 9.47 Å². The van der Waals surface area contributed by atoms with Crippen molar-refractivity contribution >= 4 is 0 Å². The van der Waals surface area contributed by atoms with Gasteiger partial charge in [0.15, 0.2) is 0 Å². The molecule has 0 atom stereocenters. The molecule has 0 aromatic rings. The highest BCUT2D eigenvalue weighted by Crippen LogP contribution is 2.02. The summed E-state index contributed by atoms with van der Waals surface area (Å²) >= 11 is 0. The first kappa shape index (κ1) is 13.5. The minimum absolute atomic E-state index is 0.521. The lowest BCUT2D eigenvalue weighted by Crippen LogP contribution is -1.98. The average Bonchev–Trinajstić information content (AvgIpc) is 2.15. The van der Waals surface area contributed by atoms with Gasteiger partial charge < -0.3 is 9.47 Å². The molecule has 0 saturated heterocycles. The van der Waals surface area contributed by atoms with E-state index in [1.807, 2.05) is 0 Å². The number of hydrogen-bond acceptors (Lipinski definition) is 2. The Balaban J connectivity index is 3.03. The summed E-state index contributed by atoms with van der Waals surface area (Å²) in [7, 11) is 1.65. The van der Waals surface area contributed by atoms with E-state index in [9.17, 15) is 0 Å². The molecule has 0 rings (SSSR count). The van der Waals surface area contributed by atoms with E-state index in [0.717, 1.165) is 32.0 Å². The van der Waals surface area contributed by atoms with Crippen molar-refractivity contribution in [2.75, 3.05) is 26.9 Å². The second-order valence-electron chi connectivity index (χ2n) is 3.69. The number of methoxy groups -OCH3 is 1. The van der Waals surface area contributed by atoms with Crippen molar-refractivity contribution < 1.29 is 9.47 Å². The third-order valence-corrected chi connectivity index (χ3v) is 1.78. The van der Waals surface area contributed by atoms with Gasteiger partial charge in [-0.15, -0.1) is 0 Å². The van der Waals surface area contributed by atoms with Crippen molar-refractivity contribution in [3.05, 3.63) is 0 Å². The Bertz CT molecular complexity index is 165. The van der Waals surface area contributed by atoms with Gasteiger partial charge in [0.1, 0.15) is 6.61 Å². The third-order valence-electron chi connectivity index (χ3n) is 1.78. The molecule has 0 aliphatic heterocycles. The summed E-state index contributed by atoms with van der Waals surface area (Å²) in [4.78, 5) is 0. The van der Waals surface area contributed by atoms with E-state index in [-0.39, 0.29) is 0 Å². The molecule has 0 bridgehead atoms. The van der Waals surface area contributed by atoms with E-state index >= 15 is 0 Å². The first-order valence-electron chi connectivity index (χ1n) is 5.29. The van der Waals surface area contributed by atoms with Gasteiger partial charge in [-0.25, -0.2) is 0 Å². The van der Waals surface area contributed by atoms with Crippen LogP contribution in [0, 0.1) is 17.8 Å². The number of rotatable bonds is 7. The molecule has 0 aliphatic rings. The maximum Gasteiger partial charge on any atom is 0.107 e. The van der Waals surface area contributed by atoms with Gasteiger partial charge in [0.2, 0.25) is 0 Å². The van der Waals surface area contributed by atoms with Crippen molar-refractivity contribution in [2.45, 2.75) is 33.1 Å². The molecule has 0 amide bonds. The molecule has 14 heavy (non-hydrogen) atoms. The van der Waals surface area contributed by atoms with Crippen LogP contribution in [0.2, 0.25) is 0 Å². The third kappa shape index (κ3) is 11.5. The zero-order chi connectivity index (χ0) is 10.6.